The monoisotopic (exact) mass is 420 g/mol. The maximum atomic E-state index is 14.1. The Balaban J connectivity index is 1.74. The average molecular weight is 420 g/mol. The third-order valence-corrected chi connectivity index (χ3v) is 4.60. The van der Waals surface area contributed by atoms with E-state index in [1.807, 2.05) is 0 Å². The van der Waals surface area contributed by atoms with Crippen molar-refractivity contribution >= 4 is 22.6 Å². The lowest BCUT2D eigenvalue weighted by molar-refractivity contribution is -0.215. The van der Waals surface area contributed by atoms with Crippen LogP contribution < -0.4 is 10.1 Å². The smallest absolute Gasteiger partial charge is 0.387 e. The number of nitrogens with one attached hydrogen (secondary N) is 1. The Kier molecular flexibility index (Phi) is 6.01. The molecule has 12 heteroatoms. The summed E-state index contributed by atoms with van der Waals surface area (Å²) < 4.78 is 71.9. The van der Waals surface area contributed by atoms with E-state index in [-0.39, 0.29) is 23.3 Å². The number of nitrogens with zero attached hydrogens (tertiary/aromatic N) is 3. The summed E-state index contributed by atoms with van der Waals surface area (Å²) >= 11 is 0. The Hall–Kier alpha value is -2.76. The Morgan fingerprint density at radius 3 is 2.59 bits per heavy atom. The topological polar surface area (TPSA) is 76.6 Å². The van der Waals surface area contributed by atoms with Gasteiger partial charge in [-0.05, 0) is 19.9 Å². The quantitative estimate of drug-likeness (QED) is 0.694. The number of carbonyl (C=O) groups is 1. The van der Waals surface area contributed by atoms with Crippen molar-refractivity contribution in [1.82, 2.24) is 14.9 Å². The number of halogens is 5. The molecule has 2 aromatic rings. The summed E-state index contributed by atoms with van der Waals surface area (Å²) in [6.07, 6.45) is 0.360. The van der Waals surface area contributed by atoms with E-state index in [0.717, 1.165) is 18.5 Å². The van der Waals surface area contributed by atoms with Crippen molar-refractivity contribution in [3.8, 4) is 5.75 Å². The van der Waals surface area contributed by atoms with E-state index in [2.05, 4.69) is 24.8 Å². The van der Waals surface area contributed by atoms with E-state index in [1.54, 1.807) is 6.92 Å². The number of hydrogen-bond donors (Lipinski definition) is 1. The number of aromatic nitrogens is 2. The number of benzene rings is 1. The predicted octanol–water partition coefficient (Wildman–Crippen LogP) is 3.01. The van der Waals surface area contributed by atoms with Gasteiger partial charge in [0.05, 0.1) is 11.6 Å². The molecule has 1 aromatic carbocycles. The lowest BCUT2D eigenvalue weighted by atomic mass is 10.00. The lowest BCUT2D eigenvalue weighted by Crippen LogP contribution is -2.64. The molecule has 1 amide bonds. The van der Waals surface area contributed by atoms with Gasteiger partial charge in [-0.15, -0.1) is 0 Å². The Morgan fingerprint density at radius 1 is 1.24 bits per heavy atom. The second kappa shape index (κ2) is 8.31. The molecule has 0 radical (unpaired) electrons. The van der Waals surface area contributed by atoms with Crippen LogP contribution in [0.2, 0.25) is 0 Å². The molecule has 0 bridgehead atoms. The minimum Gasteiger partial charge on any atom is -0.432 e. The highest BCUT2D eigenvalue weighted by atomic mass is 19.3. The van der Waals surface area contributed by atoms with Crippen molar-refractivity contribution in [1.29, 1.82) is 0 Å². The second-order valence-electron chi connectivity index (χ2n) is 6.43. The zero-order valence-electron chi connectivity index (χ0n) is 15.3. The van der Waals surface area contributed by atoms with Gasteiger partial charge in [0.1, 0.15) is 24.3 Å². The predicted molar refractivity (Wildman–Crippen MR) is 91.3 cm³/mol. The summed E-state index contributed by atoms with van der Waals surface area (Å²) in [6.45, 7) is -2.99. The van der Waals surface area contributed by atoms with Gasteiger partial charge in [0, 0.05) is 18.0 Å². The van der Waals surface area contributed by atoms with Crippen LogP contribution in [0.1, 0.15) is 13.8 Å². The molecule has 158 valence electrons. The molecule has 0 spiro atoms. The summed E-state index contributed by atoms with van der Waals surface area (Å²) in [5.74, 6) is -2.00. The van der Waals surface area contributed by atoms with Crippen molar-refractivity contribution in [3.63, 3.8) is 0 Å². The number of fused-ring (bicyclic) bond motifs is 1. The molecule has 1 aromatic heterocycles. The van der Waals surface area contributed by atoms with E-state index in [0.29, 0.717) is 0 Å². The summed E-state index contributed by atoms with van der Waals surface area (Å²) in [4.78, 5) is 21.8. The number of likely N-dealkylation sites (tertiary alicyclic amines) is 1. The highest BCUT2D eigenvalue weighted by molar-refractivity contribution is 5.93. The first-order valence-corrected chi connectivity index (χ1v) is 8.57. The van der Waals surface area contributed by atoms with Crippen LogP contribution in [0.25, 0.3) is 10.9 Å². The molecule has 7 nitrogen and oxygen atoms in total. The van der Waals surface area contributed by atoms with Gasteiger partial charge in [0.25, 0.3) is 0 Å². The average Bonchev–Trinajstić information content (AvgIpc) is 2.64. The maximum absolute atomic E-state index is 14.1. The van der Waals surface area contributed by atoms with Crippen LogP contribution in [0.4, 0.5) is 27.8 Å². The first-order chi connectivity index (χ1) is 13.7. The van der Waals surface area contributed by atoms with Crippen LogP contribution in [0, 0.1) is 5.82 Å². The van der Waals surface area contributed by atoms with Gasteiger partial charge in [-0.2, -0.15) is 17.6 Å². The van der Waals surface area contributed by atoms with Gasteiger partial charge in [0.15, 0.2) is 11.6 Å². The lowest BCUT2D eigenvalue weighted by Gasteiger charge is -2.46. The maximum Gasteiger partial charge on any atom is 0.387 e. The normalized spacial score (nSPS) is 20.1. The van der Waals surface area contributed by atoms with Gasteiger partial charge in [-0.25, -0.2) is 14.4 Å². The van der Waals surface area contributed by atoms with Crippen LogP contribution in [0.3, 0.4) is 0 Å². The molecule has 0 unspecified atom stereocenters. The number of carbonyl (C=O) groups excluding carboxylic acids is 1. The molecule has 0 aliphatic carbocycles. The first-order valence-electron chi connectivity index (χ1n) is 8.57. The Morgan fingerprint density at radius 2 is 1.97 bits per heavy atom. The highest BCUT2D eigenvalue weighted by Gasteiger charge is 2.42. The van der Waals surface area contributed by atoms with Crippen LogP contribution in [0.5, 0.6) is 5.75 Å². The largest absolute Gasteiger partial charge is 0.432 e. The molecule has 29 heavy (non-hydrogen) atoms. The molecule has 3 rings (SSSR count). The first kappa shape index (κ1) is 21.0. The van der Waals surface area contributed by atoms with Crippen LogP contribution in [-0.2, 0) is 9.53 Å². The second-order valence-corrected chi connectivity index (χ2v) is 6.43. The fraction of sp³-hybridized carbons (Fsp3) is 0.471. The van der Waals surface area contributed by atoms with Crippen LogP contribution in [-0.4, -0.2) is 58.7 Å². The van der Waals surface area contributed by atoms with E-state index < -0.39 is 48.9 Å². The Bertz CT molecular complexity index is 901. The molecule has 1 aliphatic rings. The van der Waals surface area contributed by atoms with Crippen molar-refractivity contribution < 1.29 is 36.2 Å². The van der Waals surface area contributed by atoms with E-state index in [1.165, 1.54) is 11.8 Å². The van der Waals surface area contributed by atoms with Gasteiger partial charge in [-0.3, -0.25) is 4.79 Å². The SMILES string of the molecule is C[C@@H](Nc1ncnc2cc(OC(F)F)c(F)cc12)C(=O)N1C[C@H](OC(F)F)[C@@H]1C. The number of alkyl halides is 4. The number of ether oxygens (including phenoxy) is 2. The van der Waals surface area contributed by atoms with E-state index >= 15 is 0 Å². The molecular weight excluding hydrogens is 403 g/mol. The molecule has 1 fully saturated rings. The zero-order valence-corrected chi connectivity index (χ0v) is 15.3. The summed E-state index contributed by atoms with van der Waals surface area (Å²) in [6, 6.07) is 0.558. The standard InChI is InChI=1S/C17H17F5N4O3/c1-7(15(27)26-5-13(8(26)2)29-17(21)22)25-14-9-3-10(18)12(28-16(19)20)4-11(9)23-6-24-14/h3-4,6-8,13,16-17H,5H2,1-2H3,(H,23,24,25)/t7-,8+,13+/m1/s1. The van der Waals surface area contributed by atoms with Gasteiger partial charge < -0.3 is 19.7 Å². The molecule has 2 heterocycles. The third-order valence-electron chi connectivity index (χ3n) is 4.60. The molecule has 1 N–H and O–H groups in total. The number of anilines is 1. The van der Waals surface area contributed by atoms with Crippen molar-refractivity contribution in [2.75, 3.05) is 11.9 Å². The van der Waals surface area contributed by atoms with E-state index in [9.17, 15) is 26.7 Å². The summed E-state index contributed by atoms with van der Waals surface area (Å²) in [5.41, 5.74) is 0.127. The number of amides is 1. The number of hydrogen-bond acceptors (Lipinski definition) is 6. The van der Waals surface area contributed by atoms with Crippen LogP contribution in [0.15, 0.2) is 18.5 Å². The summed E-state index contributed by atoms with van der Waals surface area (Å²) in [5, 5.41) is 2.96. The minimum absolute atomic E-state index is 0.0177. The van der Waals surface area contributed by atoms with Crippen LogP contribution >= 0.6 is 0 Å². The Labute approximate surface area is 161 Å². The fourth-order valence-electron chi connectivity index (χ4n) is 3.03. The molecule has 3 atom stereocenters. The van der Waals surface area contributed by atoms with Gasteiger partial charge in [-0.1, -0.05) is 0 Å². The minimum atomic E-state index is -3.20. The van der Waals surface area contributed by atoms with Gasteiger partial charge >= 0.3 is 13.2 Å². The van der Waals surface area contributed by atoms with Crippen molar-refractivity contribution in [3.05, 3.63) is 24.3 Å². The highest BCUT2D eigenvalue weighted by Crippen LogP contribution is 2.29. The number of rotatable bonds is 7. The van der Waals surface area contributed by atoms with Gasteiger partial charge in [0.2, 0.25) is 5.91 Å². The van der Waals surface area contributed by atoms with E-state index in [4.69, 9.17) is 0 Å². The third kappa shape index (κ3) is 4.47. The fourth-order valence-corrected chi connectivity index (χ4v) is 3.03. The molecule has 1 aliphatic heterocycles. The summed E-state index contributed by atoms with van der Waals surface area (Å²) in [7, 11) is 0. The van der Waals surface area contributed by atoms with Crippen molar-refractivity contribution in [2.24, 2.45) is 0 Å². The zero-order chi connectivity index (χ0) is 21.3. The molecule has 0 saturated carbocycles. The molecular formula is C17H17F5N4O3. The molecule has 1 saturated heterocycles. The van der Waals surface area contributed by atoms with Crippen molar-refractivity contribution in [2.45, 2.75) is 45.3 Å².